The van der Waals surface area contributed by atoms with Gasteiger partial charge in [-0.25, -0.2) is 0 Å². The van der Waals surface area contributed by atoms with Crippen LogP contribution in [-0.2, 0) is 17.8 Å². The Hall–Kier alpha value is -2.49. The molecule has 0 N–H and O–H groups in total. The highest BCUT2D eigenvalue weighted by Gasteiger charge is 2.32. The highest BCUT2D eigenvalue weighted by atomic mass is 16.5. The Morgan fingerprint density at radius 3 is 2.20 bits per heavy atom. The van der Waals surface area contributed by atoms with Crippen molar-refractivity contribution >= 4 is 5.91 Å². The minimum Gasteiger partial charge on any atom is -0.497 e. The number of amides is 1. The zero-order chi connectivity index (χ0) is 17.6. The number of hydrogen-bond donors (Lipinski definition) is 0. The van der Waals surface area contributed by atoms with Crippen molar-refractivity contribution in [3.05, 3.63) is 59.7 Å². The predicted molar refractivity (Wildman–Crippen MR) is 97.9 cm³/mol. The van der Waals surface area contributed by atoms with Crippen LogP contribution < -0.4 is 9.47 Å². The van der Waals surface area contributed by atoms with Gasteiger partial charge < -0.3 is 14.4 Å². The third-order valence-electron chi connectivity index (χ3n) is 4.54. The van der Waals surface area contributed by atoms with E-state index in [1.54, 1.807) is 14.2 Å². The molecule has 0 spiro atoms. The van der Waals surface area contributed by atoms with Crippen molar-refractivity contribution in [2.24, 2.45) is 0 Å². The SMILES string of the molecule is COc1cc(CCC(=O)N(Cc2ccccc2)C2CC2)cc(OC)c1. The summed E-state index contributed by atoms with van der Waals surface area (Å²) in [4.78, 5) is 14.8. The van der Waals surface area contributed by atoms with Crippen LogP contribution in [0.25, 0.3) is 0 Å². The van der Waals surface area contributed by atoms with Crippen LogP contribution in [0.15, 0.2) is 48.5 Å². The van der Waals surface area contributed by atoms with E-state index in [0.29, 0.717) is 25.4 Å². The molecule has 4 heteroatoms. The Balaban J connectivity index is 1.64. The van der Waals surface area contributed by atoms with Gasteiger partial charge in [0, 0.05) is 25.1 Å². The lowest BCUT2D eigenvalue weighted by Crippen LogP contribution is -2.32. The van der Waals surface area contributed by atoms with E-state index < -0.39 is 0 Å². The van der Waals surface area contributed by atoms with Crippen molar-refractivity contribution < 1.29 is 14.3 Å². The minimum absolute atomic E-state index is 0.216. The molecule has 4 nitrogen and oxygen atoms in total. The van der Waals surface area contributed by atoms with Crippen molar-refractivity contribution in [1.82, 2.24) is 4.90 Å². The van der Waals surface area contributed by atoms with E-state index in [2.05, 4.69) is 12.1 Å². The van der Waals surface area contributed by atoms with E-state index in [1.807, 2.05) is 41.3 Å². The van der Waals surface area contributed by atoms with Crippen LogP contribution >= 0.6 is 0 Å². The standard InChI is InChI=1S/C21H25NO3/c1-24-19-12-17(13-20(14-19)25-2)8-11-21(23)22(18-9-10-18)15-16-6-4-3-5-7-16/h3-7,12-14,18H,8-11,15H2,1-2H3. The molecule has 0 unspecified atom stereocenters. The van der Waals surface area contributed by atoms with Crippen LogP contribution in [0.1, 0.15) is 30.4 Å². The lowest BCUT2D eigenvalue weighted by Gasteiger charge is -2.23. The Labute approximate surface area is 149 Å². The number of methoxy groups -OCH3 is 2. The molecule has 0 aromatic heterocycles. The number of rotatable bonds is 8. The first-order valence-electron chi connectivity index (χ1n) is 8.75. The minimum atomic E-state index is 0.216. The molecule has 2 aromatic carbocycles. The monoisotopic (exact) mass is 339 g/mol. The zero-order valence-corrected chi connectivity index (χ0v) is 14.9. The van der Waals surface area contributed by atoms with Gasteiger partial charge in [0.05, 0.1) is 14.2 Å². The normalized spacial score (nSPS) is 13.4. The number of nitrogens with zero attached hydrogens (tertiary/aromatic N) is 1. The first-order chi connectivity index (χ1) is 12.2. The molecule has 132 valence electrons. The van der Waals surface area contributed by atoms with Gasteiger partial charge in [-0.3, -0.25) is 4.79 Å². The second kappa shape index (κ2) is 8.06. The van der Waals surface area contributed by atoms with Crippen LogP contribution in [0.3, 0.4) is 0 Å². The summed E-state index contributed by atoms with van der Waals surface area (Å²) in [6, 6.07) is 16.4. The molecule has 1 saturated carbocycles. The second-order valence-electron chi connectivity index (χ2n) is 6.46. The molecule has 0 heterocycles. The summed E-state index contributed by atoms with van der Waals surface area (Å²) in [5, 5.41) is 0. The Morgan fingerprint density at radius 2 is 1.64 bits per heavy atom. The molecule has 0 radical (unpaired) electrons. The molecule has 0 bridgehead atoms. The van der Waals surface area contributed by atoms with Crippen molar-refractivity contribution in [3.8, 4) is 11.5 Å². The molecule has 0 atom stereocenters. The lowest BCUT2D eigenvalue weighted by molar-refractivity contribution is -0.132. The fourth-order valence-corrected chi connectivity index (χ4v) is 2.99. The molecule has 25 heavy (non-hydrogen) atoms. The third-order valence-corrected chi connectivity index (χ3v) is 4.54. The van der Waals surface area contributed by atoms with Crippen LogP contribution in [-0.4, -0.2) is 31.1 Å². The lowest BCUT2D eigenvalue weighted by atomic mass is 10.1. The highest BCUT2D eigenvalue weighted by Crippen LogP contribution is 2.29. The van der Waals surface area contributed by atoms with Gasteiger partial charge in [-0.05, 0) is 42.5 Å². The molecule has 0 saturated heterocycles. The number of carbonyl (C=O) groups is 1. The van der Waals surface area contributed by atoms with Crippen molar-refractivity contribution in [1.29, 1.82) is 0 Å². The quantitative estimate of drug-likeness (QED) is 0.734. The van der Waals surface area contributed by atoms with E-state index in [4.69, 9.17) is 9.47 Å². The first-order valence-corrected chi connectivity index (χ1v) is 8.75. The summed E-state index contributed by atoms with van der Waals surface area (Å²) in [6.07, 6.45) is 3.42. The van der Waals surface area contributed by atoms with Gasteiger partial charge >= 0.3 is 0 Å². The van der Waals surface area contributed by atoms with E-state index >= 15 is 0 Å². The smallest absolute Gasteiger partial charge is 0.223 e. The van der Waals surface area contributed by atoms with Crippen LogP contribution in [0, 0.1) is 0 Å². The molecule has 3 rings (SSSR count). The highest BCUT2D eigenvalue weighted by molar-refractivity contribution is 5.77. The van der Waals surface area contributed by atoms with Crippen molar-refractivity contribution in [2.75, 3.05) is 14.2 Å². The Bertz CT molecular complexity index is 688. The predicted octanol–water partition coefficient (Wildman–Crippen LogP) is 3.83. The fourth-order valence-electron chi connectivity index (χ4n) is 2.99. The van der Waals surface area contributed by atoms with Crippen LogP contribution in [0.5, 0.6) is 11.5 Å². The molecule has 1 amide bonds. The van der Waals surface area contributed by atoms with Crippen LogP contribution in [0.4, 0.5) is 0 Å². The van der Waals surface area contributed by atoms with E-state index in [-0.39, 0.29) is 5.91 Å². The number of benzene rings is 2. The Kier molecular flexibility index (Phi) is 5.59. The number of hydrogen-bond acceptors (Lipinski definition) is 3. The second-order valence-corrected chi connectivity index (χ2v) is 6.46. The fraction of sp³-hybridized carbons (Fsp3) is 0.381. The van der Waals surface area contributed by atoms with Gasteiger partial charge in [0.25, 0.3) is 0 Å². The average Bonchev–Trinajstić information content (AvgIpc) is 3.49. The molecule has 1 fully saturated rings. The summed E-state index contributed by atoms with van der Waals surface area (Å²) < 4.78 is 10.6. The third kappa shape index (κ3) is 4.75. The molecule has 1 aliphatic carbocycles. The average molecular weight is 339 g/mol. The van der Waals surface area contributed by atoms with Gasteiger partial charge in [0.15, 0.2) is 0 Å². The van der Waals surface area contributed by atoms with Gasteiger partial charge in [0.1, 0.15) is 11.5 Å². The Morgan fingerprint density at radius 1 is 1.00 bits per heavy atom. The summed E-state index contributed by atoms with van der Waals surface area (Å²) >= 11 is 0. The molecule has 1 aliphatic rings. The van der Waals surface area contributed by atoms with E-state index in [1.165, 1.54) is 5.56 Å². The molecular weight excluding hydrogens is 314 g/mol. The summed E-state index contributed by atoms with van der Waals surface area (Å²) in [5.41, 5.74) is 2.24. The maximum atomic E-state index is 12.8. The first kappa shape index (κ1) is 17.3. The summed E-state index contributed by atoms with van der Waals surface area (Å²) in [7, 11) is 3.27. The van der Waals surface area contributed by atoms with Gasteiger partial charge in [-0.2, -0.15) is 0 Å². The van der Waals surface area contributed by atoms with E-state index in [0.717, 1.165) is 29.9 Å². The number of ether oxygens (including phenoxy) is 2. The van der Waals surface area contributed by atoms with Crippen molar-refractivity contribution in [3.63, 3.8) is 0 Å². The van der Waals surface area contributed by atoms with Crippen molar-refractivity contribution in [2.45, 2.75) is 38.3 Å². The molecular formula is C21H25NO3. The van der Waals surface area contributed by atoms with Crippen LogP contribution in [0.2, 0.25) is 0 Å². The largest absolute Gasteiger partial charge is 0.497 e. The maximum absolute atomic E-state index is 12.8. The molecule has 0 aliphatic heterocycles. The number of carbonyl (C=O) groups excluding carboxylic acids is 1. The summed E-state index contributed by atoms with van der Waals surface area (Å²) in [5.74, 6) is 1.73. The molecule has 2 aromatic rings. The van der Waals surface area contributed by atoms with Gasteiger partial charge in [-0.1, -0.05) is 30.3 Å². The summed E-state index contributed by atoms with van der Waals surface area (Å²) in [6.45, 7) is 0.700. The zero-order valence-electron chi connectivity index (χ0n) is 14.9. The van der Waals surface area contributed by atoms with E-state index in [9.17, 15) is 4.79 Å². The van der Waals surface area contributed by atoms with Gasteiger partial charge in [-0.15, -0.1) is 0 Å². The number of aryl methyl sites for hydroxylation is 1. The maximum Gasteiger partial charge on any atom is 0.223 e. The topological polar surface area (TPSA) is 38.8 Å². The van der Waals surface area contributed by atoms with Gasteiger partial charge in [0.2, 0.25) is 5.91 Å².